The first-order chi connectivity index (χ1) is 8.43. The Morgan fingerprint density at radius 2 is 1.76 bits per heavy atom. The molecule has 3 aromatic rings. The van der Waals surface area contributed by atoms with Crippen LogP contribution in [-0.2, 0) is 6.42 Å². The zero-order valence-electron chi connectivity index (χ0n) is 9.35. The molecule has 1 heteroatoms. The Morgan fingerprint density at radius 3 is 2.76 bits per heavy atom. The van der Waals surface area contributed by atoms with Gasteiger partial charge in [-0.05, 0) is 29.2 Å². The SMILES string of the molecule is c1ccc2c(c1)Cc1ccc3cccnc3c1-2. The van der Waals surface area contributed by atoms with E-state index in [1.54, 1.807) is 0 Å². The van der Waals surface area contributed by atoms with Gasteiger partial charge in [0.15, 0.2) is 0 Å². The first-order valence-corrected chi connectivity index (χ1v) is 5.88. The summed E-state index contributed by atoms with van der Waals surface area (Å²) in [5, 5.41) is 1.22. The molecule has 0 spiro atoms. The molecule has 4 rings (SSSR count). The normalized spacial score (nSPS) is 12.5. The molecule has 1 nitrogen and oxygen atoms in total. The standard InChI is InChI=1S/C16H11N/c1-2-6-14-12(4-1)10-13-8-7-11-5-3-9-17-16(11)15(13)14/h1-9H,10H2. The first-order valence-electron chi connectivity index (χ1n) is 5.88. The van der Waals surface area contributed by atoms with Gasteiger partial charge in [-0.15, -0.1) is 0 Å². The van der Waals surface area contributed by atoms with Crippen molar-refractivity contribution in [3.8, 4) is 11.1 Å². The Hall–Kier alpha value is -2.15. The molecule has 17 heavy (non-hydrogen) atoms. The lowest BCUT2D eigenvalue weighted by Gasteiger charge is -2.05. The van der Waals surface area contributed by atoms with Gasteiger partial charge in [0.1, 0.15) is 0 Å². The molecule has 0 bridgehead atoms. The number of pyridine rings is 1. The molecule has 0 aliphatic heterocycles. The number of hydrogen-bond donors (Lipinski definition) is 0. The van der Waals surface area contributed by atoms with E-state index in [0.717, 1.165) is 11.9 Å². The van der Waals surface area contributed by atoms with Crippen LogP contribution in [0, 0.1) is 0 Å². The average Bonchev–Trinajstić information content (AvgIpc) is 2.77. The number of hydrogen-bond acceptors (Lipinski definition) is 1. The highest BCUT2D eigenvalue weighted by atomic mass is 14.7. The van der Waals surface area contributed by atoms with Crippen molar-refractivity contribution in [3.63, 3.8) is 0 Å². The molecule has 0 radical (unpaired) electrons. The van der Waals surface area contributed by atoms with Gasteiger partial charge in [0.05, 0.1) is 5.52 Å². The van der Waals surface area contributed by atoms with Crippen molar-refractivity contribution in [2.45, 2.75) is 6.42 Å². The maximum Gasteiger partial charge on any atom is 0.0783 e. The van der Waals surface area contributed by atoms with Crippen molar-refractivity contribution in [2.24, 2.45) is 0 Å². The zero-order chi connectivity index (χ0) is 11.2. The van der Waals surface area contributed by atoms with Crippen molar-refractivity contribution in [2.75, 3.05) is 0 Å². The Balaban J connectivity index is 2.17. The topological polar surface area (TPSA) is 12.9 Å². The third kappa shape index (κ3) is 1.17. The van der Waals surface area contributed by atoms with Crippen LogP contribution in [0.2, 0.25) is 0 Å². The Kier molecular flexibility index (Phi) is 1.67. The molecule has 0 saturated carbocycles. The molecule has 0 unspecified atom stereocenters. The fraction of sp³-hybridized carbons (Fsp3) is 0.0625. The van der Waals surface area contributed by atoms with Gasteiger partial charge < -0.3 is 0 Å². The summed E-state index contributed by atoms with van der Waals surface area (Å²) < 4.78 is 0. The van der Waals surface area contributed by atoms with Crippen LogP contribution in [0.5, 0.6) is 0 Å². The third-order valence-electron chi connectivity index (χ3n) is 3.53. The minimum atomic E-state index is 1.04. The lowest BCUT2D eigenvalue weighted by Crippen LogP contribution is -1.84. The van der Waals surface area contributed by atoms with Crippen molar-refractivity contribution in [1.82, 2.24) is 4.98 Å². The first kappa shape index (κ1) is 8.94. The smallest absolute Gasteiger partial charge is 0.0783 e. The predicted octanol–water partition coefficient (Wildman–Crippen LogP) is 3.81. The maximum atomic E-state index is 4.55. The molecule has 0 atom stereocenters. The Morgan fingerprint density at radius 1 is 0.824 bits per heavy atom. The van der Waals surface area contributed by atoms with Gasteiger partial charge in [-0.25, -0.2) is 0 Å². The average molecular weight is 217 g/mol. The fourth-order valence-electron chi connectivity index (χ4n) is 2.76. The molecule has 0 N–H and O–H groups in total. The molecular weight excluding hydrogens is 206 g/mol. The lowest BCUT2D eigenvalue weighted by atomic mass is 10.0. The summed E-state index contributed by atoms with van der Waals surface area (Å²) in [6, 6.07) is 17.2. The second-order valence-corrected chi connectivity index (χ2v) is 4.51. The largest absolute Gasteiger partial charge is 0.256 e. The van der Waals surface area contributed by atoms with Crippen molar-refractivity contribution in [1.29, 1.82) is 0 Å². The van der Waals surface area contributed by atoms with E-state index >= 15 is 0 Å². The van der Waals surface area contributed by atoms with Crippen LogP contribution in [-0.4, -0.2) is 4.98 Å². The molecule has 2 aromatic carbocycles. The van der Waals surface area contributed by atoms with Crippen molar-refractivity contribution < 1.29 is 0 Å². The van der Waals surface area contributed by atoms with Crippen LogP contribution in [0.25, 0.3) is 22.0 Å². The van der Waals surface area contributed by atoms with E-state index in [1.807, 2.05) is 12.3 Å². The van der Waals surface area contributed by atoms with Gasteiger partial charge in [-0.1, -0.05) is 42.5 Å². The van der Waals surface area contributed by atoms with E-state index in [2.05, 4.69) is 47.4 Å². The summed E-state index contributed by atoms with van der Waals surface area (Å²) in [5.74, 6) is 0. The highest BCUT2D eigenvalue weighted by molar-refractivity contribution is 5.98. The van der Waals surface area contributed by atoms with E-state index in [1.165, 1.54) is 27.6 Å². The monoisotopic (exact) mass is 217 g/mol. The highest BCUT2D eigenvalue weighted by Crippen LogP contribution is 2.40. The Bertz CT molecular complexity index is 728. The van der Waals surface area contributed by atoms with Gasteiger partial charge >= 0.3 is 0 Å². The van der Waals surface area contributed by atoms with Crippen molar-refractivity contribution in [3.05, 3.63) is 65.9 Å². The molecule has 80 valence electrons. The van der Waals surface area contributed by atoms with Crippen LogP contribution in [0.15, 0.2) is 54.7 Å². The third-order valence-corrected chi connectivity index (χ3v) is 3.53. The van der Waals surface area contributed by atoms with Crippen LogP contribution in [0.3, 0.4) is 0 Å². The second kappa shape index (κ2) is 3.17. The lowest BCUT2D eigenvalue weighted by molar-refractivity contribution is 1.26. The number of fused-ring (bicyclic) bond motifs is 5. The van der Waals surface area contributed by atoms with Gasteiger partial charge in [0.2, 0.25) is 0 Å². The predicted molar refractivity (Wildman–Crippen MR) is 70.0 cm³/mol. The maximum absolute atomic E-state index is 4.55. The minimum Gasteiger partial charge on any atom is -0.256 e. The van der Waals surface area contributed by atoms with Gasteiger partial charge in [-0.3, -0.25) is 4.98 Å². The summed E-state index contributed by atoms with van der Waals surface area (Å²) >= 11 is 0. The summed E-state index contributed by atoms with van der Waals surface area (Å²) in [5.41, 5.74) is 6.64. The molecule has 0 fully saturated rings. The number of benzene rings is 2. The van der Waals surface area contributed by atoms with Gasteiger partial charge in [0.25, 0.3) is 0 Å². The molecule has 0 amide bonds. The summed E-state index contributed by atoms with van der Waals surface area (Å²) in [6.07, 6.45) is 2.92. The molecular formula is C16H11N. The molecule has 1 aliphatic carbocycles. The number of nitrogens with zero attached hydrogens (tertiary/aromatic N) is 1. The van der Waals surface area contributed by atoms with E-state index in [4.69, 9.17) is 0 Å². The molecule has 1 heterocycles. The Labute approximate surface area is 99.7 Å². The van der Waals surface area contributed by atoms with Crippen LogP contribution in [0.1, 0.15) is 11.1 Å². The van der Waals surface area contributed by atoms with Gasteiger partial charge in [0, 0.05) is 17.1 Å². The summed E-state index contributed by atoms with van der Waals surface area (Å²) in [6.45, 7) is 0. The molecule has 1 aliphatic rings. The quantitative estimate of drug-likeness (QED) is 0.436. The second-order valence-electron chi connectivity index (χ2n) is 4.51. The van der Waals surface area contributed by atoms with E-state index in [9.17, 15) is 0 Å². The summed E-state index contributed by atoms with van der Waals surface area (Å²) in [4.78, 5) is 4.55. The number of aromatic nitrogens is 1. The highest BCUT2D eigenvalue weighted by Gasteiger charge is 2.20. The number of rotatable bonds is 0. The van der Waals surface area contributed by atoms with Crippen LogP contribution in [0.4, 0.5) is 0 Å². The van der Waals surface area contributed by atoms with E-state index < -0.39 is 0 Å². The molecule has 0 saturated heterocycles. The van der Waals surface area contributed by atoms with Crippen molar-refractivity contribution >= 4 is 10.9 Å². The van der Waals surface area contributed by atoms with Gasteiger partial charge in [-0.2, -0.15) is 0 Å². The van der Waals surface area contributed by atoms with Crippen LogP contribution < -0.4 is 0 Å². The zero-order valence-corrected chi connectivity index (χ0v) is 9.35. The van der Waals surface area contributed by atoms with E-state index in [0.29, 0.717) is 0 Å². The van der Waals surface area contributed by atoms with E-state index in [-0.39, 0.29) is 0 Å². The minimum absolute atomic E-state index is 1.04. The fourth-order valence-corrected chi connectivity index (χ4v) is 2.76. The van der Waals surface area contributed by atoms with Crippen LogP contribution >= 0.6 is 0 Å². The summed E-state index contributed by atoms with van der Waals surface area (Å²) in [7, 11) is 0. The molecule has 1 aromatic heterocycles.